The first-order valence-corrected chi connectivity index (χ1v) is 9.15. The molecule has 1 unspecified atom stereocenters. The Morgan fingerprint density at radius 1 is 1.15 bits per heavy atom. The molecule has 2 aromatic rings. The molecule has 1 aliphatic rings. The molecule has 0 aliphatic carbocycles. The standard InChI is InChI=1S/C22H26N2O3/c1-26-20-10-8-17(14-21(20)27-2)9-11-22(25)23-19-12-13-24(16-19)15-18-6-4-3-5-7-18/h3-11,14,19H,12-13,15-16H2,1-2H3,(H,23,25). The molecule has 3 rings (SSSR count). The van der Waals surface area contributed by atoms with Crippen LogP contribution in [0.15, 0.2) is 54.6 Å². The Morgan fingerprint density at radius 3 is 2.67 bits per heavy atom. The third kappa shape index (κ3) is 5.34. The van der Waals surface area contributed by atoms with Crippen LogP contribution in [0.25, 0.3) is 6.08 Å². The zero-order chi connectivity index (χ0) is 19.1. The molecule has 1 aliphatic heterocycles. The average Bonchev–Trinajstić information content (AvgIpc) is 3.13. The smallest absolute Gasteiger partial charge is 0.244 e. The van der Waals surface area contributed by atoms with E-state index in [0.29, 0.717) is 11.5 Å². The predicted octanol–water partition coefficient (Wildman–Crippen LogP) is 3.11. The first-order valence-electron chi connectivity index (χ1n) is 9.15. The number of likely N-dealkylation sites (tertiary alicyclic amines) is 1. The summed E-state index contributed by atoms with van der Waals surface area (Å²) < 4.78 is 10.5. The third-order valence-electron chi connectivity index (χ3n) is 4.70. The zero-order valence-corrected chi connectivity index (χ0v) is 15.9. The van der Waals surface area contributed by atoms with E-state index >= 15 is 0 Å². The van der Waals surface area contributed by atoms with Gasteiger partial charge in [0, 0.05) is 31.8 Å². The van der Waals surface area contributed by atoms with Crippen LogP contribution >= 0.6 is 0 Å². The maximum Gasteiger partial charge on any atom is 0.244 e. The van der Waals surface area contributed by atoms with Gasteiger partial charge in [-0.1, -0.05) is 36.4 Å². The highest BCUT2D eigenvalue weighted by Crippen LogP contribution is 2.27. The molecule has 1 fully saturated rings. The van der Waals surface area contributed by atoms with Gasteiger partial charge in [0.15, 0.2) is 11.5 Å². The number of amides is 1. The molecule has 0 aromatic heterocycles. The molecule has 1 saturated heterocycles. The molecule has 142 valence electrons. The Balaban J connectivity index is 1.50. The van der Waals surface area contributed by atoms with Gasteiger partial charge in [-0.3, -0.25) is 9.69 Å². The van der Waals surface area contributed by atoms with Gasteiger partial charge in [-0.05, 0) is 35.8 Å². The van der Waals surface area contributed by atoms with Crippen molar-refractivity contribution >= 4 is 12.0 Å². The number of rotatable bonds is 7. The van der Waals surface area contributed by atoms with E-state index < -0.39 is 0 Å². The molecule has 0 bridgehead atoms. The van der Waals surface area contributed by atoms with Crippen LogP contribution < -0.4 is 14.8 Å². The van der Waals surface area contributed by atoms with Crippen LogP contribution in [0.5, 0.6) is 11.5 Å². The first-order chi connectivity index (χ1) is 13.2. The van der Waals surface area contributed by atoms with Crippen LogP contribution in [0.3, 0.4) is 0 Å². The van der Waals surface area contributed by atoms with Crippen molar-refractivity contribution in [2.75, 3.05) is 27.3 Å². The number of carbonyl (C=O) groups is 1. The van der Waals surface area contributed by atoms with Gasteiger partial charge in [0.25, 0.3) is 0 Å². The van der Waals surface area contributed by atoms with Crippen molar-refractivity contribution in [3.63, 3.8) is 0 Å². The molecule has 27 heavy (non-hydrogen) atoms. The summed E-state index contributed by atoms with van der Waals surface area (Å²) in [5, 5.41) is 3.09. The molecule has 1 N–H and O–H groups in total. The molecule has 0 saturated carbocycles. The second-order valence-electron chi connectivity index (χ2n) is 6.66. The van der Waals surface area contributed by atoms with Gasteiger partial charge in [0.1, 0.15) is 0 Å². The fraction of sp³-hybridized carbons (Fsp3) is 0.318. The summed E-state index contributed by atoms with van der Waals surface area (Å²) in [6.45, 7) is 2.80. The van der Waals surface area contributed by atoms with Crippen LogP contribution in [-0.4, -0.2) is 44.2 Å². The SMILES string of the molecule is COc1ccc(C=CC(=O)NC2CCN(Cc3ccccc3)C2)cc1OC. The summed E-state index contributed by atoms with van der Waals surface area (Å²) in [4.78, 5) is 14.6. The predicted molar refractivity (Wildman–Crippen MR) is 107 cm³/mol. The van der Waals surface area contributed by atoms with Crippen molar-refractivity contribution in [2.45, 2.75) is 19.0 Å². The fourth-order valence-corrected chi connectivity index (χ4v) is 3.31. The number of methoxy groups -OCH3 is 2. The Morgan fingerprint density at radius 2 is 1.93 bits per heavy atom. The van der Waals surface area contributed by atoms with Gasteiger partial charge >= 0.3 is 0 Å². The van der Waals surface area contributed by atoms with Gasteiger partial charge < -0.3 is 14.8 Å². The van der Waals surface area contributed by atoms with E-state index in [4.69, 9.17) is 9.47 Å². The van der Waals surface area contributed by atoms with Crippen molar-refractivity contribution < 1.29 is 14.3 Å². The summed E-state index contributed by atoms with van der Waals surface area (Å²) in [5.74, 6) is 1.24. The van der Waals surface area contributed by atoms with E-state index in [2.05, 4.69) is 34.5 Å². The van der Waals surface area contributed by atoms with Crippen molar-refractivity contribution in [3.8, 4) is 11.5 Å². The Bertz CT molecular complexity index is 789. The number of nitrogens with one attached hydrogen (secondary N) is 1. The van der Waals surface area contributed by atoms with E-state index in [0.717, 1.165) is 31.6 Å². The summed E-state index contributed by atoms with van der Waals surface area (Å²) in [6, 6.07) is 16.2. The van der Waals surface area contributed by atoms with E-state index in [1.165, 1.54) is 5.56 Å². The fourth-order valence-electron chi connectivity index (χ4n) is 3.31. The Labute approximate surface area is 160 Å². The summed E-state index contributed by atoms with van der Waals surface area (Å²) in [5.41, 5.74) is 2.19. The lowest BCUT2D eigenvalue weighted by Crippen LogP contribution is -2.35. The lowest BCUT2D eigenvalue weighted by molar-refractivity contribution is -0.117. The maximum atomic E-state index is 12.2. The van der Waals surface area contributed by atoms with E-state index in [9.17, 15) is 4.79 Å². The second kappa shape index (κ2) is 9.24. The normalized spacial score (nSPS) is 17.2. The zero-order valence-electron chi connectivity index (χ0n) is 15.9. The van der Waals surface area contributed by atoms with Crippen LogP contribution in [0.2, 0.25) is 0 Å². The minimum atomic E-state index is -0.0728. The van der Waals surface area contributed by atoms with Crippen molar-refractivity contribution in [3.05, 3.63) is 65.7 Å². The number of benzene rings is 2. The summed E-state index contributed by atoms with van der Waals surface area (Å²) >= 11 is 0. The second-order valence-corrected chi connectivity index (χ2v) is 6.66. The molecule has 5 nitrogen and oxygen atoms in total. The number of hydrogen-bond acceptors (Lipinski definition) is 4. The number of ether oxygens (including phenoxy) is 2. The van der Waals surface area contributed by atoms with Crippen LogP contribution in [-0.2, 0) is 11.3 Å². The lowest BCUT2D eigenvalue weighted by Gasteiger charge is -2.16. The molecule has 0 spiro atoms. The van der Waals surface area contributed by atoms with E-state index in [1.807, 2.05) is 24.3 Å². The van der Waals surface area contributed by atoms with Gasteiger partial charge in [-0.25, -0.2) is 0 Å². The average molecular weight is 366 g/mol. The number of carbonyl (C=O) groups excluding carboxylic acids is 1. The Hall–Kier alpha value is -2.79. The number of nitrogens with zero attached hydrogens (tertiary/aromatic N) is 1. The molecule has 5 heteroatoms. The van der Waals surface area contributed by atoms with E-state index in [1.54, 1.807) is 26.4 Å². The molecular weight excluding hydrogens is 340 g/mol. The first kappa shape index (κ1) is 19.0. The van der Waals surface area contributed by atoms with Crippen LogP contribution in [0, 0.1) is 0 Å². The maximum absolute atomic E-state index is 12.2. The molecule has 1 amide bonds. The van der Waals surface area contributed by atoms with Gasteiger partial charge in [-0.15, -0.1) is 0 Å². The summed E-state index contributed by atoms with van der Waals surface area (Å²) in [6.07, 6.45) is 4.33. The minimum Gasteiger partial charge on any atom is -0.493 e. The largest absolute Gasteiger partial charge is 0.493 e. The lowest BCUT2D eigenvalue weighted by atomic mass is 10.2. The van der Waals surface area contributed by atoms with Crippen LogP contribution in [0.1, 0.15) is 17.5 Å². The molecule has 1 atom stereocenters. The van der Waals surface area contributed by atoms with E-state index in [-0.39, 0.29) is 11.9 Å². The van der Waals surface area contributed by atoms with Crippen molar-refractivity contribution in [1.82, 2.24) is 10.2 Å². The Kier molecular flexibility index (Phi) is 6.49. The molecular formula is C22H26N2O3. The highest BCUT2D eigenvalue weighted by Gasteiger charge is 2.23. The molecule has 2 aromatic carbocycles. The van der Waals surface area contributed by atoms with Gasteiger partial charge in [0.2, 0.25) is 5.91 Å². The molecule has 1 heterocycles. The third-order valence-corrected chi connectivity index (χ3v) is 4.70. The molecule has 0 radical (unpaired) electrons. The highest BCUT2D eigenvalue weighted by molar-refractivity contribution is 5.92. The van der Waals surface area contributed by atoms with Crippen molar-refractivity contribution in [2.24, 2.45) is 0 Å². The van der Waals surface area contributed by atoms with Gasteiger partial charge in [0.05, 0.1) is 14.2 Å². The monoisotopic (exact) mass is 366 g/mol. The number of hydrogen-bond donors (Lipinski definition) is 1. The summed E-state index contributed by atoms with van der Waals surface area (Å²) in [7, 11) is 3.20. The quantitative estimate of drug-likeness (QED) is 0.765. The van der Waals surface area contributed by atoms with Crippen molar-refractivity contribution in [1.29, 1.82) is 0 Å². The van der Waals surface area contributed by atoms with Gasteiger partial charge in [-0.2, -0.15) is 0 Å². The highest BCUT2D eigenvalue weighted by atomic mass is 16.5. The minimum absolute atomic E-state index is 0.0728. The topological polar surface area (TPSA) is 50.8 Å². The van der Waals surface area contributed by atoms with Crippen LogP contribution in [0.4, 0.5) is 0 Å².